The minimum absolute atomic E-state index is 0.0422. The van der Waals surface area contributed by atoms with Gasteiger partial charge in [-0.2, -0.15) is 0 Å². The van der Waals surface area contributed by atoms with E-state index in [9.17, 15) is 5.48 Å². The van der Waals surface area contributed by atoms with Gasteiger partial charge in [-0.25, -0.2) is 0 Å². The van der Waals surface area contributed by atoms with E-state index >= 15 is 0 Å². The van der Waals surface area contributed by atoms with E-state index in [4.69, 9.17) is 9.90 Å². The Hall–Kier alpha value is -5.40. The largest absolute Gasteiger partial charge is 0.456 e. The number of hydrogen-bond donors (Lipinski definition) is 0. The van der Waals surface area contributed by atoms with E-state index in [1.54, 1.807) is 6.07 Å². The average Bonchev–Trinajstić information content (AvgIpc) is 3.55. The second kappa shape index (κ2) is 9.58. The van der Waals surface area contributed by atoms with Crippen molar-refractivity contribution in [3.05, 3.63) is 168 Å². The summed E-state index contributed by atoms with van der Waals surface area (Å²) < 4.78 is 78.7. The Kier molecular flexibility index (Phi) is 3.90. The van der Waals surface area contributed by atoms with Gasteiger partial charge in [-0.05, 0) is 79.1 Å². The molecule has 1 aromatic heterocycles. The molecule has 0 aliphatic heterocycles. The maximum atomic E-state index is 9.35. The molecule has 1 heterocycles. The molecule has 202 valence electrons. The molecule has 1 heteroatoms. The van der Waals surface area contributed by atoms with Crippen molar-refractivity contribution in [2.24, 2.45) is 5.92 Å². The van der Waals surface area contributed by atoms with Gasteiger partial charge in [0, 0.05) is 16.7 Å². The highest BCUT2D eigenvalue weighted by Gasteiger charge is 2.25. The highest BCUT2D eigenvalue weighted by atomic mass is 16.3. The number of para-hydroxylation sites is 1. The van der Waals surface area contributed by atoms with E-state index in [1.807, 2.05) is 66.7 Å². The van der Waals surface area contributed by atoms with Crippen LogP contribution in [-0.2, 0) is 0 Å². The first-order valence-corrected chi connectivity index (χ1v) is 14.4. The first kappa shape index (κ1) is 17.5. The van der Waals surface area contributed by atoms with Crippen molar-refractivity contribution in [2.75, 3.05) is 0 Å². The Morgan fingerprint density at radius 3 is 2.07 bits per heavy atom. The van der Waals surface area contributed by atoms with Crippen LogP contribution in [0.1, 0.15) is 28.5 Å². The summed E-state index contributed by atoms with van der Waals surface area (Å²) in [6.07, 6.45) is 10.8. The molecule has 0 bridgehead atoms. The smallest absolute Gasteiger partial charge is 0.136 e. The molecule has 6 aromatic carbocycles. The molecule has 0 fully saturated rings. The predicted octanol–water partition coefficient (Wildman–Crippen LogP) is 11.5. The third-order valence-corrected chi connectivity index (χ3v) is 8.65. The first-order valence-electron chi connectivity index (χ1n) is 18.4. The number of benzene rings is 6. The zero-order chi connectivity index (χ0) is 35.3. The van der Waals surface area contributed by atoms with Crippen LogP contribution in [0.5, 0.6) is 0 Å². The van der Waals surface area contributed by atoms with Crippen molar-refractivity contribution in [1.82, 2.24) is 0 Å². The molecular weight excluding hydrogens is 520 g/mol. The van der Waals surface area contributed by atoms with Gasteiger partial charge in [0.25, 0.3) is 0 Å². The maximum absolute atomic E-state index is 9.35. The molecule has 0 radical (unpaired) electrons. The van der Waals surface area contributed by atoms with E-state index in [0.29, 0.717) is 39.7 Å². The van der Waals surface area contributed by atoms with Crippen molar-refractivity contribution in [3.8, 4) is 11.1 Å². The Morgan fingerprint density at radius 1 is 0.628 bits per heavy atom. The molecule has 1 unspecified atom stereocenters. The lowest BCUT2D eigenvalue weighted by Gasteiger charge is -2.27. The molecule has 0 saturated carbocycles. The second-order valence-electron chi connectivity index (χ2n) is 11.0. The summed E-state index contributed by atoms with van der Waals surface area (Å²) in [7, 11) is 0. The molecule has 0 amide bonds. The second-order valence-corrected chi connectivity index (χ2v) is 11.0. The molecule has 1 nitrogen and oxygen atoms in total. The zero-order valence-electron chi connectivity index (χ0n) is 31.0. The summed E-state index contributed by atoms with van der Waals surface area (Å²) in [4.78, 5) is 0. The van der Waals surface area contributed by atoms with Crippen LogP contribution in [0.2, 0.25) is 0 Å². The Balaban J connectivity index is 1.45. The van der Waals surface area contributed by atoms with Gasteiger partial charge in [-0.1, -0.05) is 139 Å². The summed E-state index contributed by atoms with van der Waals surface area (Å²) in [6, 6.07) is 20.4. The lowest BCUT2D eigenvalue weighted by molar-refractivity contribution is 0.669. The fraction of sp³-hybridized carbons (Fsp3) is 0.0476. The number of allylic oxidation sites excluding steroid dienone is 8. The van der Waals surface area contributed by atoms with E-state index in [1.165, 1.54) is 0 Å². The summed E-state index contributed by atoms with van der Waals surface area (Å²) in [5.74, 6) is -0.0422. The van der Waals surface area contributed by atoms with Crippen LogP contribution in [0.25, 0.3) is 65.8 Å². The van der Waals surface area contributed by atoms with Gasteiger partial charge in [0.2, 0.25) is 0 Å². The molecule has 0 saturated heterocycles. The normalized spacial score (nSPS) is 19.0. The fourth-order valence-electron chi connectivity index (χ4n) is 6.72. The van der Waals surface area contributed by atoms with Gasteiger partial charge < -0.3 is 4.42 Å². The number of hydrogen-bond acceptors (Lipinski definition) is 1. The van der Waals surface area contributed by atoms with Crippen LogP contribution in [0, 0.1) is 5.92 Å². The van der Waals surface area contributed by atoms with Crippen LogP contribution < -0.4 is 0 Å². The number of rotatable bonds is 3. The summed E-state index contributed by atoms with van der Waals surface area (Å²) in [5, 5.41) is 2.33. The topological polar surface area (TPSA) is 13.1 Å². The predicted molar refractivity (Wildman–Crippen MR) is 182 cm³/mol. The lowest BCUT2D eigenvalue weighted by atomic mass is 9.77. The van der Waals surface area contributed by atoms with E-state index in [0.717, 1.165) is 27.7 Å². The third kappa shape index (κ3) is 3.78. The zero-order valence-corrected chi connectivity index (χ0v) is 23.0. The summed E-state index contributed by atoms with van der Waals surface area (Å²) in [5.41, 5.74) is 6.47. The molecule has 2 aliphatic carbocycles. The van der Waals surface area contributed by atoms with Crippen molar-refractivity contribution in [2.45, 2.75) is 6.42 Å². The van der Waals surface area contributed by atoms with Crippen LogP contribution in [-0.4, -0.2) is 0 Å². The van der Waals surface area contributed by atoms with Gasteiger partial charge in [0.15, 0.2) is 0 Å². The molecule has 0 spiro atoms. The van der Waals surface area contributed by atoms with Crippen LogP contribution in [0.15, 0.2) is 162 Å². The third-order valence-electron chi connectivity index (χ3n) is 8.65. The van der Waals surface area contributed by atoms with Crippen molar-refractivity contribution in [1.29, 1.82) is 0 Å². The van der Waals surface area contributed by atoms with Crippen molar-refractivity contribution >= 4 is 54.6 Å². The summed E-state index contributed by atoms with van der Waals surface area (Å²) in [6.45, 7) is 0. The SMILES string of the molecule is [2H]c1c([2H])c([2H])c2c(-c3cccc4oc5ccccc5c34)c3c([2H])c([2H])c([2H])c([2H])c3c(C3=CC=C4C=C(c5ccccc5)C=CC4C3)c2c1[2H]. The van der Waals surface area contributed by atoms with E-state index < -0.39 is 24.2 Å². The summed E-state index contributed by atoms with van der Waals surface area (Å²) >= 11 is 0. The Morgan fingerprint density at radius 2 is 1.30 bits per heavy atom. The van der Waals surface area contributed by atoms with Crippen LogP contribution >= 0.6 is 0 Å². The van der Waals surface area contributed by atoms with Crippen molar-refractivity contribution < 1.29 is 15.4 Å². The van der Waals surface area contributed by atoms with Crippen LogP contribution in [0.3, 0.4) is 0 Å². The number of furan rings is 1. The molecule has 43 heavy (non-hydrogen) atoms. The average molecular weight is 557 g/mol. The Labute approximate surface area is 261 Å². The number of fused-ring (bicyclic) bond motifs is 6. The lowest BCUT2D eigenvalue weighted by Crippen LogP contribution is -2.09. The van der Waals surface area contributed by atoms with Gasteiger partial charge in [-0.15, -0.1) is 0 Å². The highest BCUT2D eigenvalue weighted by Crippen LogP contribution is 2.47. The van der Waals surface area contributed by atoms with Gasteiger partial charge in [0.1, 0.15) is 11.2 Å². The quantitative estimate of drug-likeness (QED) is 0.197. The fourth-order valence-corrected chi connectivity index (χ4v) is 6.72. The Bertz CT molecular complexity index is 2720. The highest BCUT2D eigenvalue weighted by molar-refractivity contribution is 6.24. The van der Waals surface area contributed by atoms with Crippen LogP contribution in [0.4, 0.5) is 0 Å². The molecule has 7 aromatic rings. The molecule has 2 aliphatic rings. The first-order chi connectivity index (χ1) is 24.7. The van der Waals surface area contributed by atoms with E-state index in [2.05, 4.69) is 30.4 Å². The standard InChI is InChI=1S/C42H28O/c1-2-11-27(12-3-1)28-21-22-30-26-31(24-23-29(30)25-28)40-32-13-4-6-15-34(32)41(35-16-7-5-14-33(35)40)37-18-10-20-39-42(37)36-17-8-9-19-38(36)43-39/h1-25,30H,26H2/i4D,5D,6D,7D,13D,14D,15D,16D. The van der Waals surface area contributed by atoms with E-state index in [-0.39, 0.29) is 51.6 Å². The van der Waals surface area contributed by atoms with Gasteiger partial charge in [-0.3, -0.25) is 0 Å². The minimum Gasteiger partial charge on any atom is -0.456 e. The minimum atomic E-state index is -0.419. The molecule has 9 rings (SSSR count). The molecular formula is C42H28O. The molecule has 0 N–H and O–H groups in total. The van der Waals surface area contributed by atoms with Gasteiger partial charge in [0.05, 0.1) is 11.0 Å². The monoisotopic (exact) mass is 556 g/mol. The van der Waals surface area contributed by atoms with Gasteiger partial charge >= 0.3 is 0 Å². The van der Waals surface area contributed by atoms with Crippen molar-refractivity contribution in [3.63, 3.8) is 0 Å². The molecule has 1 atom stereocenters. The maximum Gasteiger partial charge on any atom is 0.136 e.